The molecule has 1 aliphatic heterocycles. The number of carbonyl (C=O) groups is 1. The third-order valence-electron chi connectivity index (χ3n) is 4.96. The van der Waals surface area contributed by atoms with Crippen molar-refractivity contribution in [3.63, 3.8) is 0 Å². The molecule has 154 valence electrons. The molecule has 0 spiro atoms. The molecule has 3 aromatic rings. The predicted octanol–water partition coefficient (Wildman–Crippen LogP) is 4.30. The molecule has 1 aromatic heterocycles. The Labute approximate surface area is 175 Å². The van der Waals surface area contributed by atoms with Crippen LogP contribution in [0.5, 0.6) is 5.75 Å². The van der Waals surface area contributed by atoms with Gasteiger partial charge in [-0.05, 0) is 55.7 Å². The maximum atomic E-state index is 13.4. The molecule has 7 heteroatoms. The predicted molar refractivity (Wildman–Crippen MR) is 117 cm³/mol. The van der Waals surface area contributed by atoms with Gasteiger partial charge in [-0.15, -0.1) is 0 Å². The standard InChI is InChI=1S/C23H25N5O2/c1-4-11-30-19-10-6-8-17(13-19)21-20(16(3)26-23-24-14-25-28(21)23)22(29)27-18-9-5-7-15(2)12-18/h5-10,12-14,21H,4,11H2,1-3H3,(H,27,29)(H,24,25,26). The number of aromatic nitrogens is 3. The monoisotopic (exact) mass is 403 g/mol. The highest BCUT2D eigenvalue weighted by molar-refractivity contribution is 6.06. The smallest absolute Gasteiger partial charge is 0.255 e. The molecule has 1 unspecified atom stereocenters. The van der Waals surface area contributed by atoms with Gasteiger partial charge in [0, 0.05) is 11.4 Å². The summed E-state index contributed by atoms with van der Waals surface area (Å²) in [6.07, 6.45) is 2.41. The topological polar surface area (TPSA) is 81.1 Å². The fraction of sp³-hybridized carbons (Fsp3) is 0.261. The molecule has 4 rings (SSSR count). The SMILES string of the molecule is CCCOc1cccc(C2C(C(=O)Nc3cccc(C)c3)=C(C)Nc3ncnn32)c1. The second-order valence-corrected chi connectivity index (χ2v) is 7.34. The van der Waals surface area contributed by atoms with Crippen LogP contribution < -0.4 is 15.4 Å². The van der Waals surface area contributed by atoms with Crippen LogP contribution in [0.25, 0.3) is 0 Å². The van der Waals surface area contributed by atoms with Gasteiger partial charge in [0.05, 0.1) is 12.2 Å². The zero-order valence-electron chi connectivity index (χ0n) is 17.3. The summed E-state index contributed by atoms with van der Waals surface area (Å²) in [6.45, 7) is 6.58. The maximum absolute atomic E-state index is 13.4. The van der Waals surface area contributed by atoms with Gasteiger partial charge in [0.2, 0.25) is 5.95 Å². The Hall–Kier alpha value is -3.61. The average Bonchev–Trinajstić information content (AvgIpc) is 3.19. The van der Waals surface area contributed by atoms with Gasteiger partial charge in [-0.3, -0.25) is 4.79 Å². The van der Waals surface area contributed by atoms with Crippen LogP contribution in [0, 0.1) is 6.92 Å². The summed E-state index contributed by atoms with van der Waals surface area (Å²) in [6, 6.07) is 15.1. The van der Waals surface area contributed by atoms with Gasteiger partial charge in [-0.1, -0.05) is 31.2 Å². The highest BCUT2D eigenvalue weighted by Crippen LogP contribution is 2.36. The number of carbonyl (C=O) groups excluding carboxylic acids is 1. The van der Waals surface area contributed by atoms with E-state index >= 15 is 0 Å². The lowest BCUT2D eigenvalue weighted by atomic mass is 9.94. The minimum absolute atomic E-state index is 0.184. The summed E-state index contributed by atoms with van der Waals surface area (Å²) in [4.78, 5) is 17.6. The molecule has 0 radical (unpaired) electrons. The van der Waals surface area contributed by atoms with Gasteiger partial charge in [-0.25, -0.2) is 4.68 Å². The number of amides is 1. The molecule has 1 atom stereocenters. The van der Waals surface area contributed by atoms with E-state index in [1.54, 1.807) is 4.68 Å². The van der Waals surface area contributed by atoms with Crippen molar-refractivity contribution in [1.82, 2.24) is 14.8 Å². The Bertz CT molecular complexity index is 1100. The number of ether oxygens (including phenoxy) is 1. The van der Waals surface area contributed by atoms with Gasteiger partial charge in [0.25, 0.3) is 5.91 Å². The molecule has 1 amide bonds. The van der Waals surface area contributed by atoms with E-state index in [1.165, 1.54) is 6.33 Å². The highest BCUT2D eigenvalue weighted by atomic mass is 16.5. The number of anilines is 2. The van der Waals surface area contributed by atoms with Crippen molar-refractivity contribution < 1.29 is 9.53 Å². The number of aryl methyl sites for hydroxylation is 1. The van der Waals surface area contributed by atoms with Crippen LogP contribution in [-0.4, -0.2) is 27.3 Å². The van der Waals surface area contributed by atoms with Crippen LogP contribution in [0.1, 0.15) is 37.4 Å². The minimum atomic E-state index is -0.418. The first-order valence-electron chi connectivity index (χ1n) is 10.0. The first kappa shape index (κ1) is 19.7. The van der Waals surface area contributed by atoms with Gasteiger partial charge in [0.15, 0.2) is 0 Å². The largest absolute Gasteiger partial charge is 0.494 e. The number of rotatable bonds is 6. The molecule has 30 heavy (non-hydrogen) atoms. The Morgan fingerprint density at radius 2 is 2.03 bits per heavy atom. The lowest BCUT2D eigenvalue weighted by Crippen LogP contribution is -2.31. The van der Waals surface area contributed by atoms with E-state index in [9.17, 15) is 4.79 Å². The molecule has 0 saturated carbocycles. The molecular weight excluding hydrogens is 378 g/mol. The molecule has 1 aliphatic rings. The maximum Gasteiger partial charge on any atom is 0.255 e. The summed E-state index contributed by atoms with van der Waals surface area (Å²) >= 11 is 0. The lowest BCUT2D eigenvalue weighted by Gasteiger charge is -2.29. The normalized spacial score (nSPS) is 15.4. The zero-order chi connectivity index (χ0) is 21.1. The van der Waals surface area contributed by atoms with Gasteiger partial charge in [-0.2, -0.15) is 10.1 Å². The summed E-state index contributed by atoms with van der Waals surface area (Å²) in [5, 5.41) is 10.6. The molecule has 2 N–H and O–H groups in total. The molecule has 2 aromatic carbocycles. The molecule has 0 bridgehead atoms. The lowest BCUT2D eigenvalue weighted by molar-refractivity contribution is -0.113. The Morgan fingerprint density at radius 1 is 1.20 bits per heavy atom. The van der Waals surface area contributed by atoms with E-state index in [-0.39, 0.29) is 5.91 Å². The van der Waals surface area contributed by atoms with Crippen molar-refractivity contribution in [2.75, 3.05) is 17.2 Å². The summed E-state index contributed by atoms with van der Waals surface area (Å²) in [5.41, 5.74) is 4.07. The van der Waals surface area contributed by atoms with E-state index in [2.05, 4.69) is 27.6 Å². The number of hydrogen-bond donors (Lipinski definition) is 2. The minimum Gasteiger partial charge on any atom is -0.494 e. The fourth-order valence-electron chi connectivity index (χ4n) is 3.61. The van der Waals surface area contributed by atoms with E-state index in [0.717, 1.165) is 34.7 Å². The van der Waals surface area contributed by atoms with Crippen molar-refractivity contribution in [3.8, 4) is 5.75 Å². The van der Waals surface area contributed by atoms with E-state index in [1.807, 2.05) is 62.4 Å². The van der Waals surface area contributed by atoms with Crippen LogP contribution in [0.4, 0.5) is 11.6 Å². The van der Waals surface area contributed by atoms with Crippen LogP contribution >= 0.6 is 0 Å². The zero-order valence-corrected chi connectivity index (χ0v) is 17.3. The third-order valence-corrected chi connectivity index (χ3v) is 4.96. The van der Waals surface area contributed by atoms with Crippen LogP contribution in [0.3, 0.4) is 0 Å². The van der Waals surface area contributed by atoms with Crippen molar-refractivity contribution in [2.24, 2.45) is 0 Å². The van der Waals surface area contributed by atoms with E-state index in [4.69, 9.17) is 4.74 Å². The Kier molecular flexibility index (Phi) is 5.52. The highest BCUT2D eigenvalue weighted by Gasteiger charge is 2.33. The van der Waals surface area contributed by atoms with Crippen LogP contribution in [0.2, 0.25) is 0 Å². The van der Waals surface area contributed by atoms with Gasteiger partial charge < -0.3 is 15.4 Å². The number of hydrogen-bond acceptors (Lipinski definition) is 5. The number of nitrogens with zero attached hydrogens (tertiary/aromatic N) is 3. The first-order chi connectivity index (χ1) is 14.6. The Balaban J connectivity index is 1.73. The number of nitrogens with one attached hydrogen (secondary N) is 2. The average molecular weight is 403 g/mol. The molecule has 0 fully saturated rings. The second-order valence-electron chi connectivity index (χ2n) is 7.34. The third kappa shape index (κ3) is 3.91. The number of benzene rings is 2. The number of fused-ring (bicyclic) bond motifs is 1. The van der Waals surface area contributed by atoms with Crippen LogP contribution in [-0.2, 0) is 4.79 Å². The summed E-state index contributed by atoms with van der Waals surface area (Å²) < 4.78 is 7.54. The van der Waals surface area contributed by atoms with Crippen molar-refractivity contribution in [3.05, 3.63) is 77.3 Å². The van der Waals surface area contributed by atoms with Crippen molar-refractivity contribution >= 4 is 17.5 Å². The second kappa shape index (κ2) is 8.41. The van der Waals surface area contributed by atoms with E-state index in [0.29, 0.717) is 18.1 Å². The van der Waals surface area contributed by atoms with Crippen molar-refractivity contribution in [2.45, 2.75) is 33.2 Å². The quantitative estimate of drug-likeness (QED) is 0.641. The molecular formula is C23H25N5O2. The summed E-state index contributed by atoms with van der Waals surface area (Å²) in [7, 11) is 0. The molecule has 7 nitrogen and oxygen atoms in total. The van der Waals surface area contributed by atoms with E-state index < -0.39 is 6.04 Å². The van der Waals surface area contributed by atoms with Crippen molar-refractivity contribution in [1.29, 1.82) is 0 Å². The Morgan fingerprint density at radius 3 is 2.83 bits per heavy atom. The number of allylic oxidation sites excluding steroid dienone is 1. The van der Waals surface area contributed by atoms with Gasteiger partial charge >= 0.3 is 0 Å². The first-order valence-corrected chi connectivity index (χ1v) is 10.0. The molecule has 0 aliphatic carbocycles. The molecule has 0 saturated heterocycles. The van der Waals surface area contributed by atoms with Crippen LogP contribution in [0.15, 0.2) is 66.1 Å². The summed E-state index contributed by atoms with van der Waals surface area (Å²) in [5.74, 6) is 1.19. The fourth-order valence-corrected chi connectivity index (χ4v) is 3.61. The molecule has 2 heterocycles. The van der Waals surface area contributed by atoms with Gasteiger partial charge in [0.1, 0.15) is 18.1 Å².